The van der Waals surface area contributed by atoms with Crippen LogP contribution in [0.25, 0.3) is 65.4 Å². The summed E-state index contributed by atoms with van der Waals surface area (Å²) in [6.07, 6.45) is 8.92. The first-order chi connectivity index (χ1) is 52.2. The number of carbonyl (C=O) groups is 10. The van der Waals surface area contributed by atoms with Gasteiger partial charge in [0, 0.05) is 141 Å². The van der Waals surface area contributed by atoms with Gasteiger partial charge in [-0.05, 0) is 76.7 Å². The van der Waals surface area contributed by atoms with Crippen LogP contribution < -0.4 is 53.6 Å². The van der Waals surface area contributed by atoms with Crippen LogP contribution >= 0.6 is 0 Å². The molecule has 30 heteroatoms. The molecule has 6 aromatic carbocycles. The van der Waals surface area contributed by atoms with Crippen molar-refractivity contribution in [2.45, 2.75) is 106 Å². The quantitative estimate of drug-likeness (QED) is 0.0275. The summed E-state index contributed by atoms with van der Waals surface area (Å²) in [6.45, 7) is -1.46. The van der Waals surface area contributed by atoms with Crippen molar-refractivity contribution in [3.05, 3.63) is 216 Å². The molecule has 30 nitrogen and oxygen atoms in total. The predicted molar refractivity (Wildman–Crippen MR) is 402 cm³/mol. The maximum Gasteiger partial charge on any atom is 0.326 e. The molecule has 12 aromatic rings. The molecule has 12 rings (SSSR count). The number of carboxylic acids is 1. The van der Waals surface area contributed by atoms with Gasteiger partial charge in [0.15, 0.2) is 0 Å². The Morgan fingerprint density at radius 2 is 0.491 bits per heavy atom. The van der Waals surface area contributed by atoms with Gasteiger partial charge in [-0.1, -0.05) is 109 Å². The monoisotopic (exact) mass is 1470 g/mol. The van der Waals surface area contributed by atoms with Crippen LogP contribution in [0.1, 0.15) is 40.3 Å². The number of aliphatic carboxylic acids is 1. The van der Waals surface area contributed by atoms with Gasteiger partial charge in [-0.25, -0.2) is 4.79 Å². The Balaban J connectivity index is 0.823. The Kier molecular flexibility index (Phi) is 23.5. The number of aromatic nitrogens is 6. The number of carbonyl (C=O) groups excluding carboxylic acids is 9. The molecule has 558 valence electrons. The smallest absolute Gasteiger partial charge is 0.326 e. The van der Waals surface area contributed by atoms with Gasteiger partial charge in [0.1, 0.15) is 60.4 Å². The van der Waals surface area contributed by atoms with Gasteiger partial charge in [0.25, 0.3) is 0 Å². The van der Waals surface area contributed by atoms with Crippen LogP contribution in [-0.2, 0) is 86.5 Å². The summed E-state index contributed by atoms with van der Waals surface area (Å²) in [5, 5.41) is 68.6. The Morgan fingerprint density at radius 1 is 0.287 bits per heavy atom. The molecular weight excluding hydrogens is 1380 g/mol. The van der Waals surface area contributed by atoms with Crippen molar-refractivity contribution in [1.29, 1.82) is 0 Å². The van der Waals surface area contributed by atoms with Gasteiger partial charge in [0.2, 0.25) is 53.2 Å². The third-order valence-electron chi connectivity index (χ3n) is 19.3. The number of rotatable bonds is 34. The van der Waals surface area contributed by atoms with Gasteiger partial charge in [-0.3, -0.25) is 43.2 Å². The summed E-state index contributed by atoms with van der Waals surface area (Å²) in [5.74, 6) is -9.85. The van der Waals surface area contributed by atoms with Crippen molar-refractivity contribution in [3.63, 3.8) is 0 Å². The number of nitrogens with one attached hydrogen (secondary N) is 15. The van der Waals surface area contributed by atoms with E-state index in [4.69, 9.17) is 5.73 Å². The van der Waals surface area contributed by atoms with E-state index in [0.717, 1.165) is 21.8 Å². The molecule has 0 radical (unpaired) electrons. The second-order valence-corrected chi connectivity index (χ2v) is 26.6. The van der Waals surface area contributed by atoms with Gasteiger partial charge in [-0.15, -0.1) is 0 Å². The average molecular weight is 1470 g/mol. The minimum absolute atomic E-state index is 0.121. The molecule has 10 atom stereocenters. The first-order valence-corrected chi connectivity index (χ1v) is 35.1. The fraction of sp³-hybridized carbons (Fsp3) is 0.256. The number of para-hydroxylation sites is 6. The van der Waals surface area contributed by atoms with Gasteiger partial charge >= 0.3 is 5.97 Å². The molecule has 0 unspecified atom stereocenters. The summed E-state index contributed by atoms with van der Waals surface area (Å²) in [7, 11) is 0. The SMILES string of the molecule is C[C@H](NC(=O)[C@H](Cc1c[nH]c2ccccc12)NC(=O)[C@H](Cc1c[nH]c2ccccc12)NC(=O)[C@H](CO)NC(=O)[C@H](CO)NC(=O)[C@@H](N)CO)C(=O)N[C@@H](Cc1c[nH]c2ccccc12)C(=O)N[C@@H](Cc1c[nH]c2ccccc12)C(=O)N[C@@H](Cc1c[nH]c2ccccc12)C(=O)N[C@@H](Cc1c[nH]c2ccccc12)C(=O)O. The molecule has 108 heavy (non-hydrogen) atoms. The van der Waals surface area contributed by atoms with Crippen molar-refractivity contribution in [2.24, 2.45) is 5.73 Å². The number of carboxylic acid groups (broad SMARTS) is 1. The summed E-state index contributed by atoms with van der Waals surface area (Å²) < 4.78 is 0. The van der Waals surface area contributed by atoms with Crippen LogP contribution in [0.4, 0.5) is 0 Å². The molecule has 0 spiro atoms. The lowest BCUT2D eigenvalue weighted by Gasteiger charge is -2.27. The standard InChI is InChI=1S/C78H82N16O14/c1-41(86-71(100)61(26-42-32-80-55-20-8-2-14-48(42)55)88-74(103)64(29-45-35-83-58-23-11-5-17-51(45)58)91-76(105)68(40-97)94-77(106)67(39-96)93-70(99)54(79)38-95)69(98)87-62(27-43-33-81-56-21-9-3-15-49(43)56)72(101)89-63(28-44-34-82-57-22-10-4-16-50(44)57)73(102)90-65(30-46-36-84-59-24-12-6-18-52(46)59)75(104)92-66(78(107)108)31-47-37-85-60-25-13-7-19-53(47)60/h2-25,32-37,41,54,61-68,80-85,95-97H,26-31,38-40,79H2,1H3,(H,86,100)(H,87,98)(H,88,103)(H,89,101)(H,90,102)(H,91,105)(H,92,104)(H,93,99)(H,94,106)(H,107,108)/t41-,54-,61-,62-,63-,64-,65-,66-,67-,68-/m0/s1. The van der Waals surface area contributed by atoms with Crippen LogP contribution in [0.5, 0.6) is 0 Å². The third-order valence-corrected chi connectivity index (χ3v) is 19.3. The van der Waals surface area contributed by atoms with Crippen molar-refractivity contribution >= 4 is 125 Å². The van der Waals surface area contributed by atoms with Gasteiger partial charge in [-0.2, -0.15) is 0 Å². The normalized spacial score (nSPS) is 14.3. The molecule has 0 bridgehead atoms. The predicted octanol–water partition coefficient (Wildman–Crippen LogP) is 2.10. The van der Waals surface area contributed by atoms with E-state index in [9.17, 15) is 44.4 Å². The van der Waals surface area contributed by atoms with Gasteiger partial charge in [0.05, 0.1) is 19.8 Å². The van der Waals surface area contributed by atoms with E-state index in [2.05, 4.69) is 77.8 Å². The third kappa shape index (κ3) is 17.4. The number of H-pyrrole nitrogens is 6. The molecule has 0 aliphatic carbocycles. The minimum atomic E-state index is -1.79. The first-order valence-electron chi connectivity index (χ1n) is 35.1. The molecule has 6 aromatic heterocycles. The van der Waals surface area contributed by atoms with E-state index in [-0.39, 0.29) is 38.5 Å². The van der Waals surface area contributed by atoms with E-state index >= 15 is 24.0 Å². The largest absolute Gasteiger partial charge is 0.480 e. The zero-order valence-electron chi connectivity index (χ0n) is 58.4. The Hall–Kier alpha value is -12.9. The topological polar surface area (TPSA) is 481 Å². The van der Waals surface area contributed by atoms with Crippen LogP contribution in [0.2, 0.25) is 0 Å². The van der Waals surface area contributed by atoms with Crippen LogP contribution in [-0.4, -0.2) is 190 Å². The summed E-state index contributed by atoms with van der Waals surface area (Å²) >= 11 is 0. The number of benzene rings is 6. The maximum atomic E-state index is 15.5. The zero-order valence-corrected chi connectivity index (χ0v) is 58.4. The van der Waals surface area contributed by atoms with Crippen LogP contribution in [0, 0.1) is 0 Å². The number of aliphatic hydroxyl groups is 3. The Morgan fingerprint density at radius 3 is 0.741 bits per heavy atom. The fourth-order valence-electron chi connectivity index (χ4n) is 13.4. The average Bonchev–Trinajstić information content (AvgIpc) is 1.66. The number of hydrogen-bond donors (Lipinski definition) is 20. The van der Waals surface area contributed by atoms with Crippen molar-refractivity contribution < 1.29 is 68.4 Å². The van der Waals surface area contributed by atoms with E-state index in [0.29, 0.717) is 77.0 Å². The van der Waals surface area contributed by atoms with Crippen LogP contribution in [0.3, 0.4) is 0 Å². The van der Waals surface area contributed by atoms with E-state index in [1.165, 1.54) is 6.92 Å². The highest BCUT2D eigenvalue weighted by molar-refractivity contribution is 6.01. The molecule has 21 N–H and O–H groups in total. The molecule has 0 aliphatic rings. The molecule has 0 saturated heterocycles. The molecule has 0 fully saturated rings. The summed E-state index contributed by atoms with van der Waals surface area (Å²) in [5.41, 5.74) is 13.3. The summed E-state index contributed by atoms with van der Waals surface area (Å²) in [4.78, 5) is 163. The number of aliphatic hydroxyl groups excluding tert-OH is 3. The highest BCUT2D eigenvalue weighted by atomic mass is 16.4. The maximum absolute atomic E-state index is 15.5. The highest BCUT2D eigenvalue weighted by Crippen LogP contribution is 2.26. The Labute approximate surface area is 615 Å². The van der Waals surface area contributed by atoms with Crippen molar-refractivity contribution in [2.75, 3.05) is 19.8 Å². The van der Waals surface area contributed by atoms with E-state index < -0.39 is 139 Å². The zero-order chi connectivity index (χ0) is 76.1. The van der Waals surface area contributed by atoms with Crippen molar-refractivity contribution in [3.8, 4) is 0 Å². The molecule has 9 amide bonds. The van der Waals surface area contributed by atoms with Gasteiger partial charge < -0.3 is 104 Å². The second kappa shape index (κ2) is 33.9. The van der Waals surface area contributed by atoms with Crippen LogP contribution in [0.15, 0.2) is 183 Å². The highest BCUT2D eigenvalue weighted by Gasteiger charge is 2.37. The molecule has 0 aliphatic heterocycles. The number of nitrogens with two attached hydrogens (primary N) is 1. The number of aromatic amines is 6. The molecule has 0 saturated carbocycles. The second-order valence-electron chi connectivity index (χ2n) is 26.6. The minimum Gasteiger partial charge on any atom is -0.480 e. The fourth-order valence-corrected chi connectivity index (χ4v) is 13.4. The van der Waals surface area contributed by atoms with Crippen molar-refractivity contribution in [1.82, 2.24) is 77.8 Å². The number of hydrogen-bond acceptors (Lipinski definition) is 14. The lowest BCUT2D eigenvalue weighted by molar-refractivity contribution is -0.142. The Bertz CT molecular complexity index is 5300. The molecular formula is C78H82N16O14. The lowest BCUT2D eigenvalue weighted by Crippen LogP contribution is -2.61. The summed E-state index contributed by atoms with van der Waals surface area (Å²) in [6, 6.07) is 28.0. The van der Waals surface area contributed by atoms with E-state index in [1.807, 2.05) is 84.9 Å². The number of fused-ring (bicyclic) bond motifs is 6. The lowest BCUT2D eigenvalue weighted by atomic mass is 9.99. The van der Waals surface area contributed by atoms with E-state index in [1.54, 1.807) is 97.8 Å². The molecule has 6 heterocycles. The first kappa shape index (κ1) is 74.8. The number of amides is 9.